The summed E-state index contributed by atoms with van der Waals surface area (Å²) in [7, 11) is 3.05. The maximum Gasteiger partial charge on any atom is 0.322 e. The van der Waals surface area contributed by atoms with Crippen LogP contribution in [0, 0.1) is 12.7 Å². The molecule has 4 rings (SSSR count). The fraction of sp³-hybridized carbons (Fsp3) is 0.379. The number of hydrogen-bond donors (Lipinski definition) is 1. The van der Waals surface area contributed by atoms with Gasteiger partial charge in [0.2, 0.25) is 5.91 Å². The number of benzene rings is 2. The van der Waals surface area contributed by atoms with Crippen molar-refractivity contribution in [2.45, 2.75) is 39.0 Å². The Labute approximate surface area is 227 Å². The number of methoxy groups -OCH3 is 2. The number of hydrogen-bond acceptors (Lipinski definition) is 6. The summed E-state index contributed by atoms with van der Waals surface area (Å²) in [5.41, 5.74) is 1.22. The molecule has 3 amide bonds. The Morgan fingerprint density at radius 2 is 1.72 bits per heavy atom. The van der Waals surface area contributed by atoms with Gasteiger partial charge >= 0.3 is 6.03 Å². The van der Waals surface area contributed by atoms with Gasteiger partial charge in [0, 0.05) is 43.6 Å². The Hall–Kier alpha value is -4.05. The number of aryl methyl sites for hydroxylation is 1. The van der Waals surface area contributed by atoms with E-state index in [2.05, 4.69) is 5.32 Å². The van der Waals surface area contributed by atoms with Crippen LogP contribution in [0.2, 0.25) is 0 Å². The van der Waals surface area contributed by atoms with Crippen LogP contribution >= 0.6 is 0 Å². The minimum Gasteiger partial charge on any atom is -0.497 e. The van der Waals surface area contributed by atoms with Crippen molar-refractivity contribution in [3.8, 4) is 11.5 Å². The van der Waals surface area contributed by atoms with Crippen molar-refractivity contribution in [3.05, 3.63) is 77.5 Å². The van der Waals surface area contributed by atoms with Crippen molar-refractivity contribution < 1.29 is 32.6 Å². The molecule has 1 saturated heterocycles. The van der Waals surface area contributed by atoms with E-state index >= 15 is 0 Å². The predicted octanol–water partition coefficient (Wildman–Crippen LogP) is 4.99. The van der Waals surface area contributed by atoms with Gasteiger partial charge < -0.3 is 33.7 Å². The predicted molar refractivity (Wildman–Crippen MR) is 143 cm³/mol. The Bertz CT molecular complexity index is 1230. The van der Waals surface area contributed by atoms with Crippen LogP contribution in [0.1, 0.15) is 29.9 Å². The average molecular weight is 540 g/mol. The highest BCUT2D eigenvalue weighted by atomic mass is 19.1. The highest BCUT2D eigenvalue weighted by Crippen LogP contribution is 2.26. The van der Waals surface area contributed by atoms with Gasteiger partial charge in [0.05, 0.1) is 26.9 Å². The fourth-order valence-electron chi connectivity index (χ4n) is 4.40. The zero-order valence-corrected chi connectivity index (χ0v) is 22.4. The number of carbonyl (C=O) groups is 2. The van der Waals surface area contributed by atoms with Crippen LogP contribution in [0.5, 0.6) is 11.5 Å². The molecule has 1 unspecified atom stereocenters. The molecule has 1 aromatic heterocycles. The first-order valence-corrected chi connectivity index (χ1v) is 12.8. The van der Waals surface area contributed by atoms with Crippen LogP contribution in [0.3, 0.4) is 0 Å². The molecule has 0 spiro atoms. The van der Waals surface area contributed by atoms with Gasteiger partial charge in [-0.2, -0.15) is 0 Å². The summed E-state index contributed by atoms with van der Waals surface area (Å²) in [6.07, 6.45) is 1.53. The van der Waals surface area contributed by atoms with Gasteiger partial charge in [0.15, 0.2) is 0 Å². The Kier molecular flexibility index (Phi) is 9.43. The van der Waals surface area contributed by atoms with Crippen molar-refractivity contribution in [3.63, 3.8) is 0 Å². The van der Waals surface area contributed by atoms with Crippen molar-refractivity contribution >= 4 is 17.6 Å². The zero-order chi connectivity index (χ0) is 27.8. The van der Waals surface area contributed by atoms with E-state index in [1.54, 1.807) is 35.2 Å². The summed E-state index contributed by atoms with van der Waals surface area (Å²) in [5, 5.41) is 2.86. The number of nitrogens with one attached hydrogen (secondary N) is 1. The number of halogens is 1. The van der Waals surface area contributed by atoms with Crippen LogP contribution in [0.25, 0.3) is 0 Å². The molecule has 2 heterocycles. The molecule has 0 saturated carbocycles. The summed E-state index contributed by atoms with van der Waals surface area (Å²) in [4.78, 5) is 30.2. The van der Waals surface area contributed by atoms with E-state index in [0.717, 1.165) is 24.2 Å². The monoisotopic (exact) mass is 539 g/mol. The molecule has 1 aliphatic rings. The summed E-state index contributed by atoms with van der Waals surface area (Å²) in [5.74, 6) is 1.74. The van der Waals surface area contributed by atoms with E-state index in [0.29, 0.717) is 29.6 Å². The quantitative estimate of drug-likeness (QED) is 0.369. The van der Waals surface area contributed by atoms with E-state index in [-0.39, 0.29) is 44.0 Å². The van der Waals surface area contributed by atoms with Gasteiger partial charge in [0.25, 0.3) is 0 Å². The molecule has 39 heavy (non-hydrogen) atoms. The minimum atomic E-state index is -0.454. The third-order valence-electron chi connectivity index (χ3n) is 6.45. The van der Waals surface area contributed by atoms with E-state index in [9.17, 15) is 14.0 Å². The van der Waals surface area contributed by atoms with E-state index in [4.69, 9.17) is 18.6 Å². The number of rotatable bonds is 11. The molecule has 9 nitrogen and oxygen atoms in total. The van der Waals surface area contributed by atoms with Crippen molar-refractivity contribution in [2.24, 2.45) is 0 Å². The second-order valence-corrected chi connectivity index (χ2v) is 9.44. The molecule has 1 N–H and O–H groups in total. The molecule has 10 heteroatoms. The van der Waals surface area contributed by atoms with Crippen LogP contribution in [-0.4, -0.2) is 61.8 Å². The summed E-state index contributed by atoms with van der Waals surface area (Å²) in [6, 6.07) is 14.2. The Morgan fingerprint density at radius 3 is 2.31 bits per heavy atom. The van der Waals surface area contributed by atoms with Gasteiger partial charge in [-0.25, -0.2) is 9.18 Å². The standard InChI is InChI=1S/C29H34FN3O6/c1-20-6-11-25(39-20)18-32(16-21-7-9-22(30)10-8-21)28(34)19-33(17-24-5-4-12-38-24)29(35)31-23-13-26(36-2)15-27(14-23)37-3/h6-11,13-15,24H,4-5,12,16-19H2,1-3H3,(H,31,35). The molecular weight excluding hydrogens is 505 g/mol. The second-order valence-electron chi connectivity index (χ2n) is 9.44. The highest BCUT2D eigenvalue weighted by molar-refractivity contribution is 5.92. The molecule has 1 atom stereocenters. The first-order valence-electron chi connectivity index (χ1n) is 12.8. The lowest BCUT2D eigenvalue weighted by Crippen LogP contribution is -2.46. The lowest BCUT2D eigenvalue weighted by Gasteiger charge is -2.29. The zero-order valence-electron chi connectivity index (χ0n) is 22.4. The Morgan fingerprint density at radius 1 is 1.00 bits per heavy atom. The average Bonchev–Trinajstić information content (AvgIpc) is 3.60. The molecular formula is C29H34FN3O6. The molecule has 208 valence electrons. The third kappa shape index (κ3) is 7.97. The Balaban J connectivity index is 1.54. The van der Waals surface area contributed by atoms with Gasteiger partial charge in [-0.3, -0.25) is 4.79 Å². The smallest absolute Gasteiger partial charge is 0.322 e. The molecule has 1 aliphatic heterocycles. The number of ether oxygens (including phenoxy) is 3. The maximum absolute atomic E-state index is 13.7. The second kappa shape index (κ2) is 13.1. The van der Waals surface area contributed by atoms with Crippen molar-refractivity contribution in [1.82, 2.24) is 9.80 Å². The lowest BCUT2D eigenvalue weighted by molar-refractivity contribution is -0.133. The van der Waals surface area contributed by atoms with Gasteiger partial charge in [-0.05, 0) is 49.6 Å². The van der Waals surface area contributed by atoms with E-state index in [1.807, 2.05) is 19.1 Å². The maximum atomic E-state index is 13.7. The number of urea groups is 1. The van der Waals surface area contributed by atoms with Gasteiger partial charge in [-0.15, -0.1) is 0 Å². The molecule has 3 aromatic rings. The van der Waals surface area contributed by atoms with Crippen LogP contribution in [-0.2, 0) is 22.6 Å². The van der Waals surface area contributed by atoms with Crippen molar-refractivity contribution in [1.29, 1.82) is 0 Å². The first-order chi connectivity index (χ1) is 18.8. The molecule has 1 fully saturated rings. The van der Waals surface area contributed by atoms with E-state index in [1.165, 1.54) is 31.3 Å². The lowest BCUT2D eigenvalue weighted by atomic mass is 10.2. The van der Waals surface area contributed by atoms with Crippen LogP contribution in [0.4, 0.5) is 14.9 Å². The van der Waals surface area contributed by atoms with Crippen molar-refractivity contribution in [2.75, 3.05) is 39.2 Å². The number of carbonyl (C=O) groups excluding carboxylic acids is 2. The first kappa shape index (κ1) is 28.0. The third-order valence-corrected chi connectivity index (χ3v) is 6.45. The summed E-state index contributed by atoms with van der Waals surface area (Å²) < 4.78 is 35.6. The molecule has 2 aromatic carbocycles. The van der Waals surface area contributed by atoms with E-state index < -0.39 is 6.03 Å². The number of furan rings is 1. The number of nitrogens with zero attached hydrogens (tertiary/aromatic N) is 2. The fourth-order valence-corrected chi connectivity index (χ4v) is 4.40. The topological polar surface area (TPSA) is 93.5 Å². The normalized spacial score (nSPS) is 14.6. The highest BCUT2D eigenvalue weighted by Gasteiger charge is 2.27. The molecule has 0 aliphatic carbocycles. The summed E-state index contributed by atoms with van der Waals surface area (Å²) >= 11 is 0. The van der Waals surface area contributed by atoms with Gasteiger partial charge in [-0.1, -0.05) is 12.1 Å². The van der Waals surface area contributed by atoms with Crippen LogP contribution in [0.15, 0.2) is 59.0 Å². The minimum absolute atomic E-state index is 0.165. The molecule has 0 radical (unpaired) electrons. The van der Waals surface area contributed by atoms with Gasteiger partial charge in [0.1, 0.15) is 35.4 Å². The number of amides is 3. The number of anilines is 1. The largest absolute Gasteiger partial charge is 0.497 e. The summed E-state index contributed by atoms with van der Waals surface area (Å²) in [6.45, 7) is 2.94. The SMILES string of the molecule is COc1cc(NC(=O)N(CC(=O)N(Cc2ccc(F)cc2)Cc2ccc(C)o2)CC2CCCO2)cc(OC)c1. The molecule has 0 bridgehead atoms. The van der Waals surface area contributed by atoms with Crippen LogP contribution < -0.4 is 14.8 Å².